The quantitative estimate of drug-likeness (QED) is 0.720. The van der Waals surface area contributed by atoms with Crippen LogP contribution in [0.5, 0.6) is 0 Å². The fourth-order valence-corrected chi connectivity index (χ4v) is 3.52. The highest BCUT2D eigenvalue weighted by molar-refractivity contribution is 5.95. The van der Waals surface area contributed by atoms with E-state index in [1.165, 1.54) is 5.56 Å². The third-order valence-electron chi connectivity index (χ3n) is 5.09. The van der Waals surface area contributed by atoms with Crippen molar-refractivity contribution in [3.8, 4) is 0 Å². The number of amides is 1. The normalized spacial score (nSPS) is 12.9. The Labute approximate surface area is 157 Å². The van der Waals surface area contributed by atoms with E-state index in [0.717, 1.165) is 23.1 Å². The molecule has 0 aliphatic carbocycles. The van der Waals surface area contributed by atoms with E-state index in [-0.39, 0.29) is 17.0 Å². The van der Waals surface area contributed by atoms with Crippen LogP contribution in [-0.4, -0.2) is 20.4 Å². The highest BCUT2D eigenvalue weighted by atomic mass is 16.2. The number of hydrogen-bond donors (Lipinski definition) is 0. The number of nitrogens with zero attached hydrogens (tertiary/aromatic N) is 3. The van der Waals surface area contributed by atoms with Gasteiger partial charge in [0.25, 0.3) is 11.5 Å². The van der Waals surface area contributed by atoms with E-state index in [2.05, 4.69) is 4.98 Å². The van der Waals surface area contributed by atoms with Gasteiger partial charge in [0.15, 0.2) is 0 Å². The molecule has 0 atom stereocenters. The van der Waals surface area contributed by atoms with E-state index in [9.17, 15) is 9.59 Å². The molecule has 0 bridgehead atoms. The maximum Gasteiger partial charge on any atom is 0.263 e. The lowest BCUT2D eigenvalue weighted by atomic mass is 10.1. The first-order valence-corrected chi connectivity index (χ1v) is 9.08. The third-order valence-corrected chi connectivity index (χ3v) is 5.09. The molecule has 4 rings (SSSR count). The van der Waals surface area contributed by atoms with Gasteiger partial charge in [-0.05, 0) is 47.7 Å². The summed E-state index contributed by atoms with van der Waals surface area (Å²) >= 11 is 0. The van der Waals surface area contributed by atoms with Gasteiger partial charge in [-0.3, -0.25) is 14.6 Å². The molecule has 5 heteroatoms. The van der Waals surface area contributed by atoms with E-state index in [0.29, 0.717) is 19.6 Å². The summed E-state index contributed by atoms with van der Waals surface area (Å²) in [5, 5.41) is 0. The first-order valence-electron chi connectivity index (χ1n) is 9.08. The van der Waals surface area contributed by atoms with E-state index >= 15 is 0 Å². The van der Waals surface area contributed by atoms with E-state index < -0.39 is 0 Å². The predicted octanol–water partition coefficient (Wildman–Crippen LogP) is 2.95. The molecule has 1 amide bonds. The van der Waals surface area contributed by atoms with Crippen LogP contribution in [0.4, 0.5) is 0 Å². The van der Waals surface area contributed by atoms with Crippen LogP contribution in [0.15, 0.2) is 65.8 Å². The summed E-state index contributed by atoms with van der Waals surface area (Å²) in [4.78, 5) is 31.9. The van der Waals surface area contributed by atoms with Crippen molar-refractivity contribution in [1.82, 2.24) is 14.5 Å². The maximum atomic E-state index is 13.1. The first kappa shape index (κ1) is 17.2. The van der Waals surface area contributed by atoms with Crippen LogP contribution in [0.25, 0.3) is 0 Å². The molecule has 0 saturated carbocycles. The summed E-state index contributed by atoms with van der Waals surface area (Å²) in [6, 6.07) is 13.8. The molecular formula is C22H21N3O2. The highest BCUT2D eigenvalue weighted by Gasteiger charge is 2.27. The Hall–Kier alpha value is -3.21. The average Bonchev–Trinajstić information content (AvgIpc) is 3.12. The number of hydrogen-bond acceptors (Lipinski definition) is 3. The number of carbonyl (C=O) groups excluding carboxylic acids is 1. The number of benzene rings is 1. The summed E-state index contributed by atoms with van der Waals surface area (Å²) in [6.45, 7) is 3.39. The SMILES string of the molecule is Cc1ccn(CCc2ccccc2)c(=O)c1C(=O)N1Cc2ccncc2C1. The topological polar surface area (TPSA) is 55.2 Å². The Morgan fingerprint density at radius 3 is 2.63 bits per heavy atom. The minimum Gasteiger partial charge on any atom is -0.330 e. The van der Waals surface area contributed by atoms with Crippen molar-refractivity contribution >= 4 is 5.91 Å². The number of pyridine rings is 2. The first-order chi connectivity index (χ1) is 13.1. The Balaban J connectivity index is 1.58. The molecule has 0 saturated heterocycles. The molecule has 3 aromatic rings. The predicted molar refractivity (Wildman–Crippen MR) is 103 cm³/mol. The lowest BCUT2D eigenvalue weighted by molar-refractivity contribution is 0.0748. The van der Waals surface area contributed by atoms with E-state index in [4.69, 9.17) is 0 Å². The Bertz CT molecular complexity index is 1020. The van der Waals surface area contributed by atoms with Gasteiger partial charge in [0, 0.05) is 38.2 Å². The van der Waals surface area contributed by atoms with Crippen molar-refractivity contribution in [3.05, 3.63) is 99.2 Å². The molecule has 1 aromatic carbocycles. The summed E-state index contributed by atoms with van der Waals surface area (Å²) in [6.07, 6.45) is 6.05. The zero-order valence-corrected chi connectivity index (χ0v) is 15.3. The van der Waals surface area contributed by atoms with Crippen molar-refractivity contribution in [2.75, 3.05) is 0 Å². The van der Waals surface area contributed by atoms with Gasteiger partial charge in [-0.25, -0.2) is 0 Å². The van der Waals surface area contributed by atoms with Gasteiger partial charge in [0.2, 0.25) is 0 Å². The van der Waals surface area contributed by atoms with Gasteiger partial charge in [-0.1, -0.05) is 30.3 Å². The fraction of sp³-hybridized carbons (Fsp3) is 0.227. The zero-order chi connectivity index (χ0) is 18.8. The number of carbonyl (C=O) groups is 1. The van der Waals surface area contributed by atoms with Crippen LogP contribution in [0.1, 0.15) is 32.6 Å². The van der Waals surface area contributed by atoms with E-state index in [1.54, 1.807) is 28.1 Å². The standard InChI is InChI=1S/C22H21N3O2/c1-16-8-11-24(12-9-17-5-3-2-4-6-17)21(26)20(16)22(27)25-14-18-7-10-23-13-19(18)15-25/h2-8,10-11,13H,9,12,14-15H2,1H3. The molecule has 0 radical (unpaired) electrons. The molecule has 0 unspecified atom stereocenters. The molecule has 0 spiro atoms. The van der Waals surface area contributed by atoms with Crippen molar-refractivity contribution < 1.29 is 4.79 Å². The van der Waals surface area contributed by atoms with Crippen LogP contribution in [-0.2, 0) is 26.1 Å². The van der Waals surface area contributed by atoms with Crippen molar-refractivity contribution in [3.63, 3.8) is 0 Å². The van der Waals surface area contributed by atoms with Crippen LogP contribution in [0, 0.1) is 6.92 Å². The van der Waals surface area contributed by atoms with Crippen LogP contribution >= 0.6 is 0 Å². The summed E-state index contributed by atoms with van der Waals surface area (Å²) in [5.74, 6) is -0.206. The number of fused-ring (bicyclic) bond motifs is 1. The van der Waals surface area contributed by atoms with Gasteiger partial charge >= 0.3 is 0 Å². The largest absolute Gasteiger partial charge is 0.330 e. The second-order valence-electron chi connectivity index (χ2n) is 6.91. The molecule has 2 aromatic heterocycles. The van der Waals surface area contributed by atoms with Crippen molar-refractivity contribution in [1.29, 1.82) is 0 Å². The number of aryl methyl sites for hydroxylation is 3. The summed E-state index contributed by atoms with van der Waals surface area (Å²) in [5.41, 5.74) is 4.08. The number of aromatic nitrogens is 2. The van der Waals surface area contributed by atoms with Crippen molar-refractivity contribution in [2.24, 2.45) is 0 Å². The average molecular weight is 359 g/mol. The number of rotatable bonds is 4. The molecule has 0 N–H and O–H groups in total. The van der Waals surface area contributed by atoms with Gasteiger partial charge in [-0.2, -0.15) is 0 Å². The fourth-order valence-electron chi connectivity index (χ4n) is 3.52. The Morgan fingerprint density at radius 2 is 1.85 bits per heavy atom. The van der Waals surface area contributed by atoms with E-state index in [1.807, 2.05) is 49.4 Å². The summed E-state index contributed by atoms with van der Waals surface area (Å²) < 4.78 is 1.64. The minimum atomic E-state index is -0.218. The molecule has 5 nitrogen and oxygen atoms in total. The smallest absolute Gasteiger partial charge is 0.263 e. The van der Waals surface area contributed by atoms with Crippen molar-refractivity contribution in [2.45, 2.75) is 33.0 Å². The second-order valence-corrected chi connectivity index (χ2v) is 6.91. The van der Waals surface area contributed by atoms with Gasteiger partial charge in [0.1, 0.15) is 5.56 Å². The lowest BCUT2D eigenvalue weighted by Crippen LogP contribution is -2.35. The molecule has 136 valence electrons. The molecule has 3 heterocycles. The third kappa shape index (κ3) is 3.40. The van der Waals surface area contributed by atoms with Gasteiger partial charge in [-0.15, -0.1) is 0 Å². The zero-order valence-electron chi connectivity index (χ0n) is 15.3. The van der Waals surface area contributed by atoms with Crippen LogP contribution in [0.3, 0.4) is 0 Å². The molecule has 1 aliphatic heterocycles. The Morgan fingerprint density at radius 1 is 1.07 bits per heavy atom. The second kappa shape index (κ2) is 7.19. The monoisotopic (exact) mass is 359 g/mol. The maximum absolute atomic E-state index is 13.1. The van der Waals surface area contributed by atoms with Gasteiger partial charge < -0.3 is 9.47 Å². The Kier molecular flexibility index (Phi) is 4.59. The van der Waals surface area contributed by atoms with Crippen LogP contribution in [0.2, 0.25) is 0 Å². The summed E-state index contributed by atoms with van der Waals surface area (Å²) in [7, 11) is 0. The molecule has 0 fully saturated rings. The van der Waals surface area contributed by atoms with Gasteiger partial charge in [0.05, 0.1) is 0 Å². The lowest BCUT2D eigenvalue weighted by Gasteiger charge is -2.17. The molecule has 27 heavy (non-hydrogen) atoms. The molecular weight excluding hydrogens is 338 g/mol. The molecule has 1 aliphatic rings. The highest BCUT2D eigenvalue weighted by Crippen LogP contribution is 2.23. The minimum absolute atomic E-state index is 0.206. The van der Waals surface area contributed by atoms with Crippen LogP contribution < -0.4 is 5.56 Å².